The summed E-state index contributed by atoms with van der Waals surface area (Å²) in [6.07, 6.45) is 1.08. The van der Waals surface area contributed by atoms with Crippen molar-refractivity contribution in [2.75, 3.05) is 39.8 Å². The lowest BCUT2D eigenvalue weighted by atomic mass is 10.1. The van der Waals surface area contributed by atoms with Crippen molar-refractivity contribution in [1.29, 1.82) is 0 Å². The van der Waals surface area contributed by atoms with Gasteiger partial charge >= 0.3 is 0 Å². The van der Waals surface area contributed by atoms with E-state index in [0.29, 0.717) is 18.0 Å². The highest BCUT2D eigenvalue weighted by Gasteiger charge is 2.21. The van der Waals surface area contributed by atoms with E-state index in [2.05, 4.69) is 46.6 Å². The van der Waals surface area contributed by atoms with Crippen LogP contribution in [0.2, 0.25) is 0 Å². The third-order valence-electron chi connectivity index (χ3n) is 5.23. The molecule has 31 heavy (non-hydrogen) atoms. The fourth-order valence-electron chi connectivity index (χ4n) is 3.39. The molecule has 2 rings (SSSR count). The van der Waals surface area contributed by atoms with Crippen molar-refractivity contribution in [3.05, 3.63) is 35.4 Å². The molecular weight excluding hydrogens is 505 g/mol. The van der Waals surface area contributed by atoms with Gasteiger partial charge in [-0.1, -0.05) is 32.9 Å². The summed E-state index contributed by atoms with van der Waals surface area (Å²) in [5, 5.41) is 9.68. The van der Waals surface area contributed by atoms with Crippen LogP contribution in [0.4, 0.5) is 0 Å². The van der Waals surface area contributed by atoms with Crippen LogP contribution < -0.4 is 16.0 Å². The van der Waals surface area contributed by atoms with Crippen LogP contribution in [0, 0.1) is 5.92 Å². The van der Waals surface area contributed by atoms with Crippen LogP contribution in [0.1, 0.15) is 50.0 Å². The predicted molar refractivity (Wildman–Crippen MR) is 138 cm³/mol. The second-order valence-corrected chi connectivity index (χ2v) is 8.43. The lowest BCUT2D eigenvalue weighted by molar-refractivity contribution is -0.0284. The number of carbonyl (C=O) groups is 1. The van der Waals surface area contributed by atoms with Gasteiger partial charge in [-0.3, -0.25) is 14.7 Å². The second-order valence-electron chi connectivity index (χ2n) is 8.43. The zero-order valence-electron chi connectivity index (χ0n) is 19.6. The molecule has 1 heterocycles. The van der Waals surface area contributed by atoms with E-state index in [0.717, 1.165) is 50.7 Å². The quantitative estimate of drug-likeness (QED) is 0.253. The van der Waals surface area contributed by atoms with Crippen molar-refractivity contribution in [2.45, 2.75) is 52.8 Å². The summed E-state index contributed by atoms with van der Waals surface area (Å²) in [7, 11) is 1.77. The van der Waals surface area contributed by atoms with Crippen LogP contribution in [0.5, 0.6) is 0 Å². The first-order valence-electron chi connectivity index (χ1n) is 11.1. The molecule has 8 heteroatoms. The first-order chi connectivity index (χ1) is 14.4. The minimum absolute atomic E-state index is 0. The Morgan fingerprint density at radius 1 is 1.23 bits per heavy atom. The maximum Gasteiger partial charge on any atom is 0.251 e. The van der Waals surface area contributed by atoms with Gasteiger partial charge in [0.2, 0.25) is 0 Å². The van der Waals surface area contributed by atoms with Gasteiger partial charge in [-0.25, -0.2) is 0 Å². The number of benzene rings is 1. The summed E-state index contributed by atoms with van der Waals surface area (Å²) in [4.78, 5) is 19.0. The lowest BCUT2D eigenvalue weighted by Gasteiger charge is -2.34. The molecule has 1 fully saturated rings. The SMILES string of the molecule is CCC(C)NC(=O)c1ccc(CNC(=NC)NCC2CN(CC(C)C)CCO2)cc1.I. The number of hydrogen-bond acceptors (Lipinski definition) is 4. The molecule has 0 aliphatic carbocycles. The van der Waals surface area contributed by atoms with Crippen molar-refractivity contribution in [1.82, 2.24) is 20.9 Å². The first kappa shape index (κ1) is 27.6. The average Bonchev–Trinajstić information content (AvgIpc) is 2.74. The number of ether oxygens (including phenoxy) is 1. The smallest absolute Gasteiger partial charge is 0.251 e. The monoisotopic (exact) mass is 545 g/mol. The van der Waals surface area contributed by atoms with Gasteiger partial charge in [0.1, 0.15) is 0 Å². The fraction of sp³-hybridized carbons (Fsp3) is 0.652. The first-order valence-corrected chi connectivity index (χ1v) is 11.1. The summed E-state index contributed by atoms with van der Waals surface area (Å²) in [5.41, 5.74) is 1.78. The van der Waals surface area contributed by atoms with E-state index in [4.69, 9.17) is 4.74 Å². The van der Waals surface area contributed by atoms with Gasteiger partial charge in [0.25, 0.3) is 5.91 Å². The van der Waals surface area contributed by atoms with Crippen LogP contribution >= 0.6 is 24.0 Å². The highest BCUT2D eigenvalue weighted by Crippen LogP contribution is 2.08. The van der Waals surface area contributed by atoms with Crippen molar-refractivity contribution in [2.24, 2.45) is 10.9 Å². The molecule has 1 saturated heterocycles. The number of aliphatic imine (C=N–C) groups is 1. The van der Waals surface area contributed by atoms with Crippen LogP contribution in [0.3, 0.4) is 0 Å². The Hall–Kier alpha value is -1.39. The Morgan fingerprint density at radius 2 is 1.94 bits per heavy atom. The predicted octanol–water partition coefficient (Wildman–Crippen LogP) is 2.85. The van der Waals surface area contributed by atoms with Gasteiger partial charge in [0, 0.05) is 51.4 Å². The van der Waals surface area contributed by atoms with Crippen LogP contribution in [-0.2, 0) is 11.3 Å². The number of amides is 1. The highest BCUT2D eigenvalue weighted by molar-refractivity contribution is 14.0. The van der Waals surface area contributed by atoms with Crippen molar-refractivity contribution >= 4 is 35.8 Å². The minimum atomic E-state index is -0.0275. The average molecular weight is 546 g/mol. The van der Waals surface area contributed by atoms with Crippen molar-refractivity contribution in [3.8, 4) is 0 Å². The number of carbonyl (C=O) groups excluding carboxylic acids is 1. The van der Waals surface area contributed by atoms with E-state index in [1.807, 2.05) is 31.2 Å². The van der Waals surface area contributed by atoms with E-state index in [9.17, 15) is 4.79 Å². The maximum absolute atomic E-state index is 12.2. The van der Waals surface area contributed by atoms with Gasteiger partial charge in [-0.15, -0.1) is 24.0 Å². The largest absolute Gasteiger partial charge is 0.374 e. The standard InChI is InChI=1S/C23H39N5O2.HI/c1-6-18(4)27-22(29)20-9-7-19(8-10-20)13-25-23(24-5)26-14-21-16-28(11-12-30-21)15-17(2)3;/h7-10,17-18,21H,6,11-16H2,1-5H3,(H,27,29)(H2,24,25,26);1H. The number of rotatable bonds is 9. The molecule has 176 valence electrons. The molecule has 1 aliphatic heterocycles. The van der Waals surface area contributed by atoms with Crippen LogP contribution in [0.15, 0.2) is 29.3 Å². The zero-order chi connectivity index (χ0) is 21.9. The van der Waals surface area contributed by atoms with Gasteiger partial charge in [-0.05, 0) is 37.0 Å². The molecular formula is C23H40IN5O2. The molecule has 2 unspecified atom stereocenters. The van der Waals surface area contributed by atoms with Gasteiger partial charge in [0.05, 0.1) is 12.7 Å². The third-order valence-corrected chi connectivity index (χ3v) is 5.23. The molecule has 0 bridgehead atoms. The number of nitrogens with zero attached hydrogens (tertiary/aromatic N) is 2. The molecule has 0 aromatic heterocycles. The topological polar surface area (TPSA) is 78.0 Å². The van der Waals surface area contributed by atoms with E-state index < -0.39 is 0 Å². The van der Waals surface area contributed by atoms with Gasteiger partial charge in [0.15, 0.2) is 5.96 Å². The Balaban J connectivity index is 0.00000480. The number of morpholine rings is 1. The van der Waals surface area contributed by atoms with Gasteiger partial charge in [-0.2, -0.15) is 0 Å². The van der Waals surface area contributed by atoms with Crippen molar-refractivity contribution < 1.29 is 9.53 Å². The fourth-order valence-corrected chi connectivity index (χ4v) is 3.39. The molecule has 1 aromatic carbocycles. The van der Waals surface area contributed by atoms with E-state index in [-0.39, 0.29) is 42.0 Å². The normalized spacial score (nSPS) is 18.3. The van der Waals surface area contributed by atoms with Crippen LogP contribution in [-0.4, -0.2) is 68.7 Å². The summed E-state index contributed by atoms with van der Waals surface area (Å²) in [5.74, 6) is 1.39. The lowest BCUT2D eigenvalue weighted by Crippen LogP contribution is -2.50. The third kappa shape index (κ3) is 10.2. The zero-order valence-corrected chi connectivity index (χ0v) is 21.9. The molecule has 0 saturated carbocycles. The molecule has 2 atom stereocenters. The summed E-state index contributed by atoms with van der Waals surface area (Å²) >= 11 is 0. The summed E-state index contributed by atoms with van der Waals surface area (Å²) in [6.45, 7) is 13.8. The summed E-state index contributed by atoms with van der Waals surface area (Å²) in [6, 6.07) is 7.85. The number of halogens is 1. The molecule has 3 N–H and O–H groups in total. The minimum Gasteiger partial charge on any atom is -0.374 e. The molecule has 1 aromatic rings. The highest BCUT2D eigenvalue weighted by atomic mass is 127. The Kier molecular flexibility index (Phi) is 13.0. The van der Waals surface area contributed by atoms with Crippen molar-refractivity contribution in [3.63, 3.8) is 0 Å². The number of hydrogen-bond donors (Lipinski definition) is 3. The molecule has 0 spiro atoms. The Morgan fingerprint density at radius 3 is 2.55 bits per heavy atom. The second kappa shape index (κ2) is 14.6. The Bertz CT molecular complexity index is 681. The molecule has 7 nitrogen and oxygen atoms in total. The summed E-state index contributed by atoms with van der Waals surface area (Å²) < 4.78 is 5.89. The van der Waals surface area contributed by atoms with E-state index in [1.54, 1.807) is 7.05 Å². The molecule has 1 aliphatic rings. The molecule has 0 radical (unpaired) electrons. The molecule has 1 amide bonds. The number of nitrogens with one attached hydrogen (secondary N) is 3. The van der Waals surface area contributed by atoms with Gasteiger partial charge < -0.3 is 20.7 Å². The number of guanidine groups is 1. The van der Waals surface area contributed by atoms with E-state index >= 15 is 0 Å². The van der Waals surface area contributed by atoms with E-state index in [1.165, 1.54) is 0 Å². The Labute approximate surface area is 204 Å². The maximum atomic E-state index is 12.2. The van der Waals surface area contributed by atoms with Crippen LogP contribution in [0.25, 0.3) is 0 Å².